The van der Waals surface area contributed by atoms with Crippen molar-refractivity contribution in [3.05, 3.63) is 65.7 Å². The molecule has 2 aromatic carbocycles. The summed E-state index contributed by atoms with van der Waals surface area (Å²) >= 11 is 0. The molecule has 1 fully saturated rings. The van der Waals surface area contributed by atoms with Gasteiger partial charge in [0.05, 0.1) is 17.8 Å². The Kier molecular flexibility index (Phi) is 6.08. The summed E-state index contributed by atoms with van der Waals surface area (Å²) in [6.45, 7) is 2.34. The first-order valence-electron chi connectivity index (χ1n) is 9.82. The lowest BCUT2D eigenvalue weighted by Gasteiger charge is -2.34. The number of carbonyl (C=O) groups is 1. The van der Waals surface area contributed by atoms with E-state index in [1.807, 2.05) is 4.90 Å². The number of para-hydroxylation sites is 1. The van der Waals surface area contributed by atoms with Crippen molar-refractivity contribution in [3.8, 4) is 11.5 Å². The Bertz CT molecular complexity index is 1080. The fourth-order valence-electron chi connectivity index (χ4n) is 3.30. The predicted molar refractivity (Wildman–Crippen MR) is 107 cm³/mol. The largest absolute Gasteiger partial charge is 0.416 e. The van der Waals surface area contributed by atoms with E-state index in [-0.39, 0.29) is 17.6 Å². The maximum atomic E-state index is 13.7. The van der Waals surface area contributed by atoms with Crippen molar-refractivity contribution in [2.75, 3.05) is 31.5 Å². The van der Waals surface area contributed by atoms with Crippen LogP contribution in [0.5, 0.6) is 0 Å². The molecule has 3 aromatic rings. The van der Waals surface area contributed by atoms with Gasteiger partial charge < -0.3 is 14.7 Å². The third kappa shape index (κ3) is 5.05. The number of piperazine rings is 1. The molecule has 7 nitrogen and oxygen atoms in total. The van der Waals surface area contributed by atoms with Crippen molar-refractivity contribution in [2.24, 2.45) is 0 Å². The molecule has 0 unspecified atom stereocenters. The van der Waals surface area contributed by atoms with Gasteiger partial charge in [-0.1, -0.05) is 17.3 Å². The number of benzene rings is 2. The highest BCUT2D eigenvalue weighted by molar-refractivity contribution is 5.89. The summed E-state index contributed by atoms with van der Waals surface area (Å²) < 4.78 is 56.9. The molecule has 11 heteroatoms. The Morgan fingerprint density at radius 1 is 1.03 bits per heavy atom. The third-order valence-corrected chi connectivity index (χ3v) is 5.07. The summed E-state index contributed by atoms with van der Waals surface area (Å²) in [5, 5.41) is 6.46. The van der Waals surface area contributed by atoms with Crippen LogP contribution >= 0.6 is 0 Å². The zero-order valence-corrected chi connectivity index (χ0v) is 16.8. The van der Waals surface area contributed by atoms with Crippen LogP contribution in [0.25, 0.3) is 11.5 Å². The molecule has 2 heterocycles. The van der Waals surface area contributed by atoms with Crippen LogP contribution in [0.15, 0.2) is 53.1 Å². The maximum Gasteiger partial charge on any atom is 0.416 e. The summed E-state index contributed by atoms with van der Waals surface area (Å²) in [7, 11) is 0. The predicted octanol–water partition coefficient (Wildman–Crippen LogP) is 4.24. The maximum absolute atomic E-state index is 13.7. The molecule has 1 aliphatic rings. The van der Waals surface area contributed by atoms with Crippen LogP contribution in [0.2, 0.25) is 0 Å². The summed E-state index contributed by atoms with van der Waals surface area (Å²) in [6.07, 6.45) is -4.41. The second-order valence-corrected chi connectivity index (χ2v) is 7.26. The number of hydrogen-bond acceptors (Lipinski definition) is 5. The molecule has 0 aliphatic carbocycles. The minimum atomic E-state index is -4.41. The summed E-state index contributed by atoms with van der Waals surface area (Å²) in [6, 6.07) is 10.1. The van der Waals surface area contributed by atoms with Gasteiger partial charge >= 0.3 is 12.2 Å². The van der Waals surface area contributed by atoms with Crippen LogP contribution in [0.3, 0.4) is 0 Å². The molecular weight excluding hydrogens is 430 g/mol. The van der Waals surface area contributed by atoms with Crippen molar-refractivity contribution in [2.45, 2.75) is 12.7 Å². The minimum absolute atomic E-state index is 0.127. The van der Waals surface area contributed by atoms with Gasteiger partial charge in [-0.2, -0.15) is 18.2 Å². The van der Waals surface area contributed by atoms with E-state index in [0.29, 0.717) is 44.1 Å². The van der Waals surface area contributed by atoms with Gasteiger partial charge in [-0.05, 0) is 36.4 Å². The van der Waals surface area contributed by atoms with Crippen molar-refractivity contribution in [1.29, 1.82) is 0 Å². The average molecular weight is 449 g/mol. The van der Waals surface area contributed by atoms with Gasteiger partial charge in [0.15, 0.2) is 5.82 Å². The number of rotatable bonds is 4. The molecule has 1 aliphatic heterocycles. The van der Waals surface area contributed by atoms with Gasteiger partial charge in [0, 0.05) is 31.7 Å². The lowest BCUT2D eigenvalue weighted by molar-refractivity contribution is -0.137. The number of urea groups is 1. The number of anilines is 1. The zero-order chi connectivity index (χ0) is 22.7. The summed E-state index contributed by atoms with van der Waals surface area (Å²) in [5.74, 6) is 0.0289. The van der Waals surface area contributed by atoms with E-state index in [4.69, 9.17) is 4.52 Å². The van der Waals surface area contributed by atoms with Gasteiger partial charge in [0.25, 0.3) is 5.89 Å². The number of nitrogens with one attached hydrogen (secondary N) is 1. The van der Waals surface area contributed by atoms with Crippen LogP contribution in [0.4, 0.5) is 28.0 Å². The lowest BCUT2D eigenvalue weighted by Crippen LogP contribution is -2.49. The van der Waals surface area contributed by atoms with Crippen LogP contribution in [0.1, 0.15) is 11.4 Å². The first kappa shape index (κ1) is 21.8. The van der Waals surface area contributed by atoms with E-state index >= 15 is 0 Å². The van der Waals surface area contributed by atoms with Crippen molar-refractivity contribution in [3.63, 3.8) is 0 Å². The van der Waals surface area contributed by atoms with Crippen LogP contribution in [-0.2, 0) is 12.7 Å². The normalized spacial score (nSPS) is 15.1. The number of aromatic nitrogens is 2. The smallest absolute Gasteiger partial charge is 0.334 e. The van der Waals surface area contributed by atoms with Crippen molar-refractivity contribution in [1.82, 2.24) is 19.9 Å². The van der Waals surface area contributed by atoms with E-state index in [0.717, 1.165) is 12.1 Å². The monoisotopic (exact) mass is 449 g/mol. The number of carbonyl (C=O) groups excluding carboxylic acids is 1. The zero-order valence-electron chi connectivity index (χ0n) is 16.8. The van der Waals surface area contributed by atoms with Crippen LogP contribution in [-0.4, -0.2) is 52.2 Å². The standard InChI is InChI=1S/C21H19F4N5O2/c22-16-3-1-2-4-17(16)26-20(31)30-11-9-29(10-12-30)13-18-27-19(32-28-18)14-5-7-15(8-6-14)21(23,24)25/h1-8H,9-13H2,(H,26,31). The average Bonchev–Trinajstić information content (AvgIpc) is 3.24. The molecule has 0 saturated carbocycles. The van der Waals surface area contributed by atoms with Crippen molar-refractivity contribution >= 4 is 11.7 Å². The van der Waals surface area contributed by atoms with Crippen molar-refractivity contribution < 1.29 is 26.9 Å². The van der Waals surface area contributed by atoms with Gasteiger partial charge in [0.1, 0.15) is 5.82 Å². The quantitative estimate of drug-likeness (QED) is 0.603. The Balaban J connectivity index is 1.30. The van der Waals surface area contributed by atoms with Gasteiger partial charge in [-0.15, -0.1) is 0 Å². The minimum Gasteiger partial charge on any atom is -0.334 e. The second kappa shape index (κ2) is 8.95. The molecule has 1 aromatic heterocycles. The molecule has 4 rings (SSSR count). The van der Waals surface area contributed by atoms with Gasteiger partial charge in [-0.3, -0.25) is 4.90 Å². The highest BCUT2D eigenvalue weighted by atomic mass is 19.4. The SMILES string of the molecule is O=C(Nc1ccccc1F)N1CCN(Cc2noc(-c3ccc(C(F)(F)F)cc3)n2)CC1. The number of nitrogens with zero attached hydrogens (tertiary/aromatic N) is 4. The number of hydrogen-bond donors (Lipinski definition) is 1. The molecule has 0 spiro atoms. The molecule has 168 valence electrons. The number of amides is 2. The molecule has 1 N–H and O–H groups in total. The van der Waals surface area contributed by atoms with E-state index in [1.165, 1.54) is 24.3 Å². The molecule has 1 saturated heterocycles. The molecule has 32 heavy (non-hydrogen) atoms. The lowest BCUT2D eigenvalue weighted by atomic mass is 10.1. The number of halogens is 4. The van der Waals surface area contributed by atoms with Gasteiger partial charge in [-0.25, -0.2) is 9.18 Å². The first-order valence-corrected chi connectivity index (χ1v) is 9.82. The van der Waals surface area contributed by atoms with E-state index < -0.39 is 17.6 Å². The highest BCUT2D eigenvalue weighted by Crippen LogP contribution is 2.30. The summed E-state index contributed by atoms with van der Waals surface area (Å²) in [5.41, 5.74) is -0.230. The third-order valence-electron chi connectivity index (χ3n) is 5.07. The first-order chi connectivity index (χ1) is 15.3. The molecule has 0 bridgehead atoms. The molecule has 0 radical (unpaired) electrons. The fourth-order valence-corrected chi connectivity index (χ4v) is 3.30. The second-order valence-electron chi connectivity index (χ2n) is 7.26. The summed E-state index contributed by atoms with van der Waals surface area (Å²) in [4.78, 5) is 20.2. The highest BCUT2D eigenvalue weighted by Gasteiger charge is 2.30. The molecule has 0 atom stereocenters. The number of alkyl halides is 3. The van der Waals surface area contributed by atoms with E-state index in [9.17, 15) is 22.4 Å². The Morgan fingerprint density at radius 2 is 1.72 bits per heavy atom. The molecule has 2 amide bonds. The fraction of sp³-hybridized carbons (Fsp3) is 0.286. The van der Waals surface area contributed by atoms with E-state index in [2.05, 4.69) is 15.5 Å². The Hall–Kier alpha value is -3.47. The van der Waals surface area contributed by atoms with E-state index in [1.54, 1.807) is 17.0 Å². The van der Waals surface area contributed by atoms with Crippen LogP contribution in [0, 0.1) is 5.82 Å². The topological polar surface area (TPSA) is 74.5 Å². The Labute approximate surface area is 180 Å². The Morgan fingerprint density at radius 3 is 2.38 bits per heavy atom. The van der Waals surface area contributed by atoms with Crippen LogP contribution < -0.4 is 5.32 Å². The van der Waals surface area contributed by atoms with Gasteiger partial charge in [0.2, 0.25) is 0 Å². The molecular formula is C21H19F4N5O2.